The van der Waals surface area contributed by atoms with E-state index in [1.54, 1.807) is 6.07 Å². The number of nitrogens with one attached hydrogen (secondary N) is 1. The zero-order chi connectivity index (χ0) is 22.0. The Labute approximate surface area is 196 Å². The summed E-state index contributed by atoms with van der Waals surface area (Å²) in [7, 11) is 0. The van der Waals surface area contributed by atoms with E-state index in [1.807, 2.05) is 16.7 Å². The lowest BCUT2D eigenvalue weighted by molar-refractivity contribution is -0.0220. The predicted molar refractivity (Wildman–Crippen MR) is 129 cm³/mol. The first-order valence-electron chi connectivity index (χ1n) is 10.4. The number of piperidine rings is 1. The minimum absolute atomic E-state index is 0.201. The summed E-state index contributed by atoms with van der Waals surface area (Å²) >= 11 is 15.1. The summed E-state index contributed by atoms with van der Waals surface area (Å²) < 4.78 is 27.2. The highest BCUT2D eigenvalue weighted by atomic mass is 35.5. The van der Waals surface area contributed by atoms with Crippen LogP contribution in [0.5, 0.6) is 0 Å². The van der Waals surface area contributed by atoms with E-state index in [0.29, 0.717) is 33.7 Å². The maximum atomic E-state index is 13.6. The molecule has 8 heteroatoms. The first-order chi connectivity index (χ1) is 14.9. The minimum Gasteiger partial charge on any atom is -0.378 e. The molecule has 1 saturated heterocycles. The number of rotatable bonds is 8. The Bertz CT molecular complexity index is 939. The van der Waals surface area contributed by atoms with E-state index in [1.165, 1.54) is 23.5 Å². The lowest BCUT2D eigenvalue weighted by Gasteiger charge is -2.35. The second-order valence-electron chi connectivity index (χ2n) is 8.17. The molecule has 0 atom stereocenters. The van der Waals surface area contributed by atoms with Crippen molar-refractivity contribution in [2.45, 2.75) is 43.0 Å². The number of aliphatic imine (C=N–C) groups is 1. The van der Waals surface area contributed by atoms with Gasteiger partial charge in [-0.2, -0.15) is 0 Å². The van der Waals surface area contributed by atoms with Crippen LogP contribution in [0.25, 0.3) is 0 Å². The number of hydrogen-bond donors (Lipinski definition) is 1. The van der Waals surface area contributed by atoms with Gasteiger partial charge in [-0.25, -0.2) is 8.78 Å². The third kappa shape index (κ3) is 5.65. The Balaban J connectivity index is 1.48. The van der Waals surface area contributed by atoms with Gasteiger partial charge in [0.25, 0.3) is 5.92 Å². The Morgan fingerprint density at radius 3 is 2.45 bits per heavy atom. The van der Waals surface area contributed by atoms with Gasteiger partial charge < -0.3 is 10.2 Å². The van der Waals surface area contributed by atoms with Gasteiger partial charge in [-0.05, 0) is 49.2 Å². The van der Waals surface area contributed by atoms with Crippen molar-refractivity contribution < 1.29 is 8.78 Å². The van der Waals surface area contributed by atoms with Gasteiger partial charge in [-0.1, -0.05) is 35.3 Å². The topological polar surface area (TPSA) is 27.6 Å². The molecule has 0 amide bonds. The van der Waals surface area contributed by atoms with Crippen LogP contribution in [0.3, 0.4) is 0 Å². The first kappa shape index (κ1) is 22.7. The smallest absolute Gasteiger partial charge is 0.251 e. The molecule has 2 aliphatic rings. The predicted octanol–water partition coefficient (Wildman–Crippen LogP) is 7.68. The number of halogens is 4. The summed E-state index contributed by atoms with van der Waals surface area (Å²) in [5.41, 5.74) is 2.83. The molecule has 2 fully saturated rings. The van der Waals surface area contributed by atoms with E-state index in [9.17, 15) is 8.78 Å². The molecule has 4 rings (SSSR count). The van der Waals surface area contributed by atoms with Crippen LogP contribution < -0.4 is 10.2 Å². The van der Waals surface area contributed by atoms with Gasteiger partial charge in [0.2, 0.25) is 0 Å². The molecule has 0 spiro atoms. The fraction of sp³-hybridized carbons (Fsp3) is 0.435. The van der Waals surface area contributed by atoms with Crippen LogP contribution in [-0.2, 0) is 6.54 Å². The second-order valence-corrected chi connectivity index (χ2v) is 10.0. The summed E-state index contributed by atoms with van der Waals surface area (Å²) in [5, 5.41) is 4.12. The van der Waals surface area contributed by atoms with E-state index in [4.69, 9.17) is 23.2 Å². The number of nitrogens with zero attached hydrogens (tertiary/aromatic N) is 2. The van der Waals surface area contributed by atoms with E-state index in [2.05, 4.69) is 41.3 Å². The fourth-order valence-corrected chi connectivity index (χ4v) is 5.47. The van der Waals surface area contributed by atoms with E-state index < -0.39 is 5.92 Å². The highest BCUT2D eigenvalue weighted by molar-refractivity contribution is 7.99. The van der Waals surface area contributed by atoms with Crippen molar-refractivity contribution in [1.82, 2.24) is 0 Å². The largest absolute Gasteiger partial charge is 0.378 e. The van der Waals surface area contributed by atoms with Crippen molar-refractivity contribution in [3.8, 4) is 0 Å². The van der Waals surface area contributed by atoms with Crippen LogP contribution in [0.2, 0.25) is 10.0 Å². The monoisotopic (exact) mass is 483 g/mol. The highest BCUT2D eigenvalue weighted by Crippen LogP contribution is 2.46. The molecule has 166 valence electrons. The molecule has 0 aromatic heterocycles. The molecule has 1 N–H and O–H groups in total. The van der Waals surface area contributed by atoms with Crippen LogP contribution in [-0.4, -0.2) is 31.5 Å². The molecule has 0 bridgehead atoms. The van der Waals surface area contributed by atoms with Crippen LogP contribution in [0.4, 0.5) is 25.8 Å². The standard InChI is InChI=1S/C23H25Cl2F2N3S/c1-28-19-12-18(24)22(30-10-8-23(26,27)9-11-30)20(25)21(19)29-13-15-4-6-17(7-5-15)31-14-16-2-3-16/h4-7,12,16,29H,1-3,8-11,13-14H2. The molecule has 1 heterocycles. The highest BCUT2D eigenvalue weighted by Gasteiger charge is 2.35. The average Bonchev–Trinajstić information content (AvgIpc) is 3.57. The van der Waals surface area contributed by atoms with Crippen LogP contribution in [0.1, 0.15) is 31.2 Å². The molecule has 31 heavy (non-hydrogen) atoms. The zero-order valence-corrected chi connectivity index (χ0v) is 19.5. The molecule has 1 saturated carbocycles. The molecular formula is C23H25Cl2F2N3S. The summed E-state index contributed by atoms with van der Waals surface area (Å²) in [6.07, 6.45) is 2.29. The molecule has 1 aliphatic heterocycles. The fourth-order valence-electron chi connectivity index (χ4n) is 3.63. The third-order valence-electron chi connectivity index (χ3n) is 5.73. The SMILES string of the molecule is C=Nc1cc(Cl)c(N2CCC(F)(F)CC2)c(Cl)c1NCc1ccc(SCC2CC2)cc1. The van der Waals surface area contributed by atoms with Crippen LogP contribution in [0, 0.1) is 5.92 Å². The van der Waals surface area contributed by atoms with Crippen molar-refractivity contribution in [2.24, 2.45) is 10.9 Å². The Kier molecular flexibility index (Phi) is 6.99. The van der Waals surface area contributed by atoms with Crippen molar-refractivity contribution >= 4 is 58.7 Å². The Morgan fingerprint density at radius 2 is 1.84 bits per heavy atom. The summed E-state index contributed by atoms with van der Waals surface area (Å²) in [5.74, 6) is -0.552. The molecular weight excluding hydrogens is 459 g/mol. The molecule has 2 aromatic carbocycles. The number of benzene rings is 2. The molecule has 1 aliphatic carbocycles. The number of hydrogen-bond acceptors (Lipinski definition) is 4. The minimum atomic E-state index is -2.64. The molecule has 2 aromatic rings. The van der Waals surface area contributed by atoms with Gasteiger partial charge in [0.15, 0.2) is 0 Å². The Morgan fingerprint density at radius 1 is 1.16 bits per heavy atom. The lowest BCUT2D eigenvalue weighted by Crippen LogP contribution is -2.39. The van der Waals surface area contributed by atoms with Crippen molar-refractivity contribution in [2.75, 3.05) is 29.1 Å². The maximum Gasteiger partial charge on any atom is 0.251 e. The van der Waals surface area contributed by atoms with Gasteiger partial charge in [0.1, 0.15) is 0 Å². The summed E-state index contributed by atoms with van der Waals surface area (Å²) in [6.45, 7) is 4.57. The van der Waals surface area contributed by atoms with Gasteiger partial charge in [-0.3, -0.25) is 4.99 Å². The summed E-state index contributed by atoms with van der Waals surface area (Å²) in [6, 6.07) is 10.2. The lowest BCUT2D eigenvalue weighted by atomic mass is 10.1. The molecule has 3 nitrogen and oxygen atoms in total. The van der Waals surface area contributed by atoms with Crippen molar-refractivity contribution in [3.63, 3.8) is 0 Å². The molecule has 0 radical (unpaired) electrons. The van der Waals surface area contributed by atoms with Gasteiger partial charge >= 0.3 is 0 Å². The van der Waals surface area contributed by atoms with Crippen LogP contribution >= 0.6 is 35.0 Å². The van der Waals surface area contributed by atoms with Crippen molar-refractivity contribution in [3.05, 3.63) is 45.9 Å². The normalized spacial score (nSPS) is 18.1. The average molecular weight is 484 g/mol. The quantitative estimate of drug-likeness (QED) is 0.308. The second kappa shape index (κ2) is 9.55. The van der Waals surface area contributed by atoms with Crippen molar-refractivity contribution in [1.29, 1.82) is 0 Å². The van der Waals surface area contributed by atoms with Crippen LogP contribution in [0.15, 0.2) is 40.2 Å². The third-order valence-corrected chi connectivity index (χ3v) is 7.63. The van der Waals surface area contributed by atoms with Gasteiger partial charge in [0, 0.05) is 43.1 Å². The van der Waals surface area contributed by atoms with Gasteiger partial charge in [0.05, 0.1) is 27.1 Å². The number of thioether (sulfide) groups is 1. The van der Waals surface area contributed by atoms with E-state index in [-0.39, 0.29) is 25.9 Å². The number of anilines is 2. The summed E-state index contributed by atoms with van der Waals surface area (Å²) in [4.78, 5) is 7.15. The van der Waals surface area contributed by atoms with Gasteiger partial charge in [-0.15, -0.1) is 11.8 Å². The Hall–Kier alpha value is -1.50. The van der Waals surface area contributed by atoms with E-state index >= 15 is 0 Å². The molecule has 0 unspecified atom stereocenters. The zero-order valence-electron chi connectivity index (χ0n) is 17.1. The van der Waals surface area contributed by atoms with E-state index in [0.717, 1.165) is 11.5 Å². The maximum absolute atomic E-state index is 13.6. The number of alkyl halides is 2. The first-order valence-corrected chi connectivity index (χ1v) is 12.2.